The van der Waals surface area contributed by atoms with Crippen molar-refractivity contribution in [1.82, 2.24) is 5.32 Å². The van der Waals surface area contributed by atoms with Crippen molar-refractivity contribution in [3.05, 3.63) is 12.2 Å². The monoisotopic (exact) mass is 610 g/mol. The molecule has 0 rings (SSSR count). The normalized spacial score (nSPS) is 13.9. The third kappa shape index (κ3) is 29.6. The molecule has 0 aliphatic rings. The van der Waals surface area contributed by atoms with Crippen LogP contribution >= 0.6 is 0 Å². The Labute approximate surface area is 268 Å². The summed E-state index contributed by atoms with van der Waals surface area (Å²) in [7, 11) is 0. The van der Waals surface area contributed by atoms with Crippen LogP contribution in [0.1, 0.15) is 200 Å². The molecule has 0 aromatic rings. The molecule has 0 heterocycles. The number of hydrogen-bond acceptors (Lipinski definition) is 4. The number of unbranched alkanes of at least 4 members (excludes halogenated alkanes) is 24. The van der Waals surface area contributed by atoms with Crippen molar-refractivity contribution in [2.24, 2.45) is 0 Å². The van der Waals surface area contributed by atoms with Crippen LogP contribution < -0.4 is 5.32 Å². The van der Waals surface area contributed by atoms with Gasteiger partial charge in [0.15, 0.2) is 0 Å². The predicted molar refractivity (Wildman–Crippen MR) is 185 cm³/mol. The number of aliphatic hydroxyl groups excluding tert-OH is 3. The summed E-state index contributed by atoms with van der Waals surface area (Å²) in [5.74, 6) is -0.153. The molecule has 0 aliphatic carbocycles. The lowest BCUT2D eigenvalue weighted by Gasteiger charge is -2.26. The first-order valence-corrected chi connectivity index (χ1v) is 19.0. The van der Waals surface area contributed by atoms with Gasteiger partial charge in [0.2, 0.25) is 5.91 Å². The van der Waals surface area contributed by atoms with Crippen LogP contribution in [-0.4, -0.2) is 46.1 Å². The molecule has 43 heavy (non-hydrogen) atoms. The van der Waals surface area contributed by atoms with Gasteiger partial charge >= 0.3 is 0 Å². The second kappa shape index (κ2) is 34.0. The van der Waals surface area contributed by atoms with Gasteiger partial charge < -0.3 is 20.6 Å². The molecule has 256 valence electrons. The van der Waals surface area contributed by atoms with Crippen LogP contribution in [0.15, 0.2) is 12.2 Å². The highest BCUT2D eigenvalue weighted by Crippen LogP contribution is 2.15. The lowest BCUT2D eigenvalue weighted by atomic mass is 10.0. The zero-order valence-electron chi connectivity index (χ0n) is 28.8. The highest BCUT2D eigenvalue weighted by Gasteiger charge is 2.26. The fraction of sp³-hybridized carbons (Fsp3) is 0.921. The highest BCUT2D eigenvalue weighted by molar-refractivity contribution is 5.76. The van der Waals surface area contributed by atoms with Crippen LogP contribution in [0.5, 0.6) is 0 Å². The van der Waals surface area contributed by atoms with E-state index in [-0.39, 0.29) is 12.5 Å². The quantitative estimate of drug-likeness (QED) is 0.0432. The number of aliphatic hydroxyl groups is 3. The van der Waals surface area contributed by atoms with Gasteiger partial charge in [-0.3, -0.25) is 4.79 Å². The Kier molecular flexibility index (Phi) is 33.3. The van der Waals surface area contributed by atoms with Gasteiger partial charge in [-0.15, -0.1) is 0 Å². The summed E-state index contributed by atoms with van der Waals surface area (Å²) < 4.78 is 0. The number of amides is 1. The van der Waals surface area contributed by atoms with Gasteiger partial charge in [-0.05, 0) is 38.5 Å². The largest absolute Gasteiger partial charge is 0.394 e. The van der Waals surface area contributed by atoms with Crippen molar-refractivity contribution >= 4 is 5.91 Å². The van der Waals surface area contributed by atoms with E-state index < -0.39 is 18.2 Å². The SMILES string of the molecule is CCCCCCCCCC/C=C/CCCC(O)C(O)C(CO)NC(=O)CCCCCCCCCCCCCCCCCC. The summed E-state index contributed by atoms with van der Waals surface area (Å²) in [5.41, 5.74) is 0. The summed E-state index contributed by atoms with van der Waals surface area (Å²) in [6.07, 6.45) is 37.3. The fourth-order valence-electron chi connectivity index (χ4n) is 5.87. The number of nitrogens with one attached hydrogen (secondary N) is 1. The van der Waals surface area contributed by atoms with E-state index in [0.29, 0.717) is 12.8 Å². The Morgan fingerprint density at radius 2 is 0.930 bits per heavy atom. The molecule has 0 saturated carbocycles. The minimum atomic E-state index is -1.15. The maximum atomic E-state index is 12.3. The minimum absolute atomic E-state index is 0.153. The van der Waals surface area contributed by atoms with Gasteiger partial charge in [0.25, 0.3) is 0 Å². The second-order valence-corrected chi connectivity index (χ2v) is 13.1. The van der Waals surface area contributed by atoms with E-state index in [0.717, 1.165) is 38.5 Å². The van der Waals surface area contributed by atoms with Crippen molar-refractivity contribution in [3.63, 3.8) is 0 Å². The van der Waals surface area contributed by atoms with E-state index >= 15 is 0 Å². The maximum absolute atomic E-state index is 12.3. The summed E-state index contributed by atoms with van der Waals surface area (Å²) in [5, 5.41) is 33.3. The molecule has 0 saturated heterocycles. The molecule has 5 heteroatoms. The number of carbonyl (C=O) groups is 1. The zero-order chi connectivity index (χ0) is 31.6. The van der Waals surface area contributed by atoms with Crippen LogP contribution in [-0.2, 0) is 4.79 Å². The van der Waals surface area contributed by atoms with Gasteiger partial charge in [-0.1, -0.05) is 167 Å². The molecule has 5 nitrogen and oxygen atoms in total. The Morgan fingerprint density at radius 1 is 0.558 bits per heavy atom. The van der Waals surface area contributed by atoms with Crippen LogP contribution in [0.2, 0.25) is 0 Å². The molecule has 0 aromatic heterocycles. The average molecular weight is 610 g/mol. The Bertz CT molecular complexity index is 596. The van der Waals surface area contributed by atoms with Crippen molar-refractivity contribution in [2.45, 2.75) is 218 Å². The van der Waals surface area contributed by atoms with E-state index in [1.165, 1.54) is 135 Å². The molecule has 4 N–H and O–H groups in total. The zero-order valence-corrected chi connectivity index (χ0v) is 28.8. The minimum Gasteiger partial charge on any atom is -0.394 e. The predicted octanol–water partition coefficient (Wildman–Crippen LogP) is 10.1. The molecule has 0 aliphatic heterocycles. The van der Waals surface area contributed by atoms with Gasteiger partial charge in [0.05, 0.1) is 18.8 Å². The number of hydrogen-bond donors (Lipinski definition) is 4. The smallest absolute Gasteiger partial charge is 0.220 e. The van der Waals surface area contributed by atoms with E-state index in [4.69, 9.17) is 0 Å². The lowest BCUT2D eigenvalue weighted by Crippen LogP contribution is -2.50. The average Bonchev–Trinajstić information content (AvgIpc) is 3.01. The van der Waals surface area contributed by atoms with Crippen molar-refractivity contribution in [3.8, 4) is 0 Å². The second-order valence-electron chi connectivity index (χ2n) is 13.1. The van der Waals surface area contributed by atoms with Crippen LogP contribution in [0, 0.1) is 0 Å². The fourth-order valence-corrected chi connectivity index (χ4v) is 5.87. The van der Waals surface area contributed by atoms with Gasteiger partial charge in [-0.2, -0.15) is 0 Å². The van der Waals surface area contributed by atoms with E-state index in [2.05, 4.69) is 31.3 Å². The Morgan fingerprint density at radius 3 is 1.35 bits per heavy atom. The summed E-state index contributed by atoms with van der Waals surface area (Å²) in [4.78, 5) is 12.3. The molecule has 1 amide bonds. The highest BCUT2D eigenvalue weighted by atomic mass is 16.3. The number of allylic oxidation sites excluding steroid dienone is 2. The van der Waals surface area contributed by atoms with Crippen molar-refractivity contribution < 1.29 is 20.1 Å². The van der Waals surface area contributed by atoms with Crippen LogP contribution in [0.3, 0.4) is 0 Å². The third-order valence-electron chi connectivity index (χ3n) is 8.87. The number of carbonyl (C=O) groups excluding carboxylic acids is 1. The van der Waals surface area contributed by atoms with Crippen molar-refractivity contribution in [1.29, 1.82) is 0 Å². The summed E-state index contributed by atoms with van der Waals surface area (Å²) in [6, 6.07) is -0.818. The van der Waals surface area contributed by atoms with E-state index in [1.807, 2.05) is 0 Å². The van der Waals surface area contributed by atoms with E-state index in [1.54, 1.807) is 0 Å². The first kappa shape index (κ1) is 42.1. The molecule has 3 unspecified atom stereocenters. The summed E-state index contributed by atoms with van der Waals surface area (Å²) >= 11 is 0. The Balaban J connectivity index is 3.69. The molecule has 0 bridgehead atoms. The van der Waals surface area contributed by atoms with Gasteiger partial charge in [-0.25, -0.2) is 0 Å². The molecule has 0 aromatic carbocycles. The lowest BCUT2D eigenvalue weighted by molar-refractivity contribution is -0.124. The summed E-state index contributed by atoms with van der Waals surface area (Å²) in [6.45, 7) is 4.15. The third-order valence-corrected chi connectivity index (χ3v) is 8.87. The molecular formula is C38H75NO4. The first-order valence-electron chi connectivity index (χ1n) is 19.0. The number of rotatable bonds is 34. The molecular weight excluding hydrogens is 534 g/mol. The first-order chi connectivity index (χ1) is 21.1. The molecule has 0 spiro atoms. The standard InChI is InChI=1S/C38H75NO4/c1-3-5-7-9-11-13-15-17-18-19-21-23-25-27-29-31-33-37(42)39-35(34-40)38(43)36(41)32-30-28-26-24-22-20-16-14-12-10-8-6-4-2/h24,26,35-36,38,40-41,43H,3-23,25,27-34H2,1-2H3,(H,39,42)/b26-24+. The molecule has 0 fully saturated rings. The van der Waals surface area contributed by atoms with Gasteiger partial charge in [0, 0.05) is 6.42 Å². The van der Waals surface area contributed by atoms with E-state index in [9.17, 15) is 20.1 Å². The van der Waals surface area contributed by atoms with Crippen molar-refractivity contribution in [2.75, 3.05) is 6.61 Å². The topological polar surface area (TPSA) is 89.8 Å². The maximum Gasteiger partial charge on any atom is 0.220 e. The van der Waals surface area contributed by atoms with Crippen LogP contribution in [0.4, 0.5) is 0 Å². The molecule has 3 atom stereocenters. The Hall–Kier alpha value is -0.910. The molecule has 0 radical (unpaired) electrons. The van der Waals surface area contributed by atoms with Crippen LogP contribution in [0.25, 0.3) is 0 Å². The van der Waals surface area contributed by atoms with Gasteiger partial charge in [0.1, 0.15) is 6.10 Å².